The van der Waals surface area contributed by atoms with E-state index < -0.39 is 6.04 Å². The molecule has 3 N–H and O–H groups in total. The van der Waals surface area contributed by atoms with Crippen LogP contribution in [0.5, 0.6) is 0 Å². The summed E-state index contributed by atoms with van der Waals surface area (Å²) in [6.07, 6.45) is 6.14. The number of rotatable bonds is 5. The van der Waals surface area contributed by atoms with Gasteiger partial charge in [0.25, 0.3) is 0 Å². The number of nitrogens with one attached hydrogen (secondary N) is 1. The van der Waals surface area contributed by atoms with E-state index in [1.54, 1.807) is 4.68 Å². The van der Waals surface area contributed by atoms with Crippen molar-refractivity contribution in [2.75, 3.05) is 0 Å². The van der Waals surface area contributed by atoms with Crippen LogP contribution in [0.4, 0.5) is 0 Å². The second-order valence-electron chi connectivity index (χ2n) is 8.09. The smallest absolute Gasteiger partial charge is 0.245 e. The Hall–Kier alpha value is -2.28. The van der Waals surface area contributed by atoms with Crippen molar-refractivity contribution < 1.29 is 4.79 Å². The topological polar surface area (TPSA) is 98.7 Å². The fourth-order valence-corrected chi connectivity index (χ4v) is 4.94. The van der Waals surface area contributed by atoms with E-state index in [4.69, 9.17) is 5.73 Å². The Labute approximate surface area is 159 Å². The fourth-order valence-electron chi connectivity index (χ4n) is 4.94. The summed E-state index contributed by atoms with van der Waals surface area (Å²) in [6.45, 7) is 1.83. The van der Waals surface area contributed by atoms with Crippen LogP contribution >= 0.6 is 0 Å². The molecule has 4 rings (SSSR count). The van der Waals surface area contributed by atoms with Gasteiger partial charge in [0.15, 0.2) is 0 Å². The number of amides is 1. The first kappa shape index (κ1) is 18.1. The first-order valence-electron chi connectivity index (χ1n) is 9.96. The highest BCUT2D eigenvalue weighted by molar-refractivity contribution is 5.81. The molecule has 2 aromatic rings. The maximum Gasteiger partial charge on any atom is 0.245 e. The molecule has 1 aromatic heterocycles. The number of hydrogen-bond donors (Lipinski definition) is 2. The summed E-state index contributed by atoms with van der Waals surface area (Å²) in [5.74, 6) is 1.64. The summed E-state index contributed by atoms with van der Waals surface area (Å²) in [5.41, 5.74) is 7.33. The SMILES string of the molecule is Cc1nnnn1C(Cc1ccccc1)C(=O)NC1C2CCCC1CC(N)C2. The second kappa shape index (κ2) is 7.76. The first-order valence-corrected chi connectivity index (χ1v) is 9.96. The Balaban J connectivity index is 1.55. The van der Waals surface area contributed by atoms with E-state index in [0.29, 0.717) is 24.1 Å². The summed E-state index contributed by atoms with van der Waals surface area (Å²) in [5, 5.41) is 15.2. The predicted molar refractivity (Wildman–Crippen MR) is 102 cm³/mol. The predicted octanol–water partition coefficient (Wildman–Crippen LogP) is 1.79. The largest absolute Gasteiger partial charge is 0.351 e. The van der Waals surface area contributed by atoms with E-state index in [0.717, 1.165) is 31.2 Å². The molecular weight excluding hydrogens is 340 g/mol. The standard InChI is InChI=1S/C20H28N6O/c1-13-23-24-25-26(13)18(10-14-6-3-2-4-7-14)20(27)22-19-15-8-5-9-16(19)12-17(21)11-15/h2-4,6-7,15-19H,5,8-12,21H2,1H3,(H,22,27). The van der Waals surface area contributed by atoms with E-state index >= 15 is 0 Å². The fraction of sp³-hybridized carbons (Fsp3) is 0.600. The molecule has 2 aliphatic rings. The summed E-state index contributed by atoms with van der Waals surface area (Å²) in [7, 11) is 0. The summed E-state index contributed by atoms with van der Waals surface area (Å²) in [6, 6.07) is 10.1. The molecule has 2 saturated carbocycles. The van der Waals surface area contributed by atoms with Gasteiger partial charge in [-0.3, -0.25) is 4.79 Å². The highest BCUT2D eigenvalue weighted by atomic mass is 16.2. The lowest BCUT2D eigenvalue weighted by molar-refractivity contribution is -0.127. The molecule has 0 spiro atoms. The van der Waals surface area contributed by atoms with Crippen LogP contribution < -0.4 is 11.1 Å². The van der Waals surface area contributed by atoms with Gasteiger partial charge in [-0.15, -0.1) is 5.10 Å². The minimum atomic E-state index is -0.446. The molecule has 1 amide bonds. The Morgan fingerprint density at radius 2 is 1.96 bits per heavy atom. The molecule has 2 fully saturated rings. The molecule has 0 radical (unpaired) electrons. The second-order valence-corrected chi connectivity index (χ2v) is 8.09. The van der Waals surface area contributed by atoms with E-state index in [1.807, 2.05) is 37.3 Å². The highest BCUT2D eigenvalue weighted by Gasteiger charge is 2.41. The lowest BCUT2D eigenvalue weighted by Crippen LogP contribution is -2.55. The van der Waals surface area contributed by atoms with Crippen molar-refractivity contribution in [2.24, 2.45) is 17.6 Å². The van der Waals surface area contributed by atoms with Crippen molar-refractivity contribution in [2.45, 2.75) is 63.6 Å². The van der Waals surface area contributed by atoms with E-state index in [1.165, 1.54) is 6.42 Å². The van der Waals surface area contributed by atoms with Gasteiger partial charge >= 0.3 is 0 Å². The van der Waals surface area contributed by atoms with Gasteiger partial charge in [-0.1, -0.05) is 36.8 Å². The molecule has 2 aliphatic carbocycles. The number of carbonyl (C=O) groups is 1. The maximum atomic E-state index is 13.3. The van der Waals surface area contributed by atoms with Crippen LogP contribution in [-0.2, 0) is 11.2 Å². The number of nitrogens with zero attached hydrogens (tertiary/aromatic N) is 4. The zero-order chi connectivity index (χ0) is 18.8. The van der Waals surface area contributed by atoms with Crippen molar-refractivity contribution in [1.29, 1.82) is 0 Å². The number of fused-ring (bicyclic) bond motifs is 2. The number of benzene rings is 1. The van der Waals surface area contributed by atoms with Gasteiger partial charge in [-0.25, -0.2) is 4.68 Å². The molecule has 7 heteroatoms. The van der Waals surface area contributed by atoms with Crippen molar-refractivity contribution in [3.8, 4) is 0 Å². The number of nitrogens with two attached hydrogens (primary N) is 1. The monoisotopic (exact) mass is 368 g/mol. The molecular formula is C20H28N6O. The molecule has 3 atom stereocenters. The third-order valence-corrected chi connectivity index (χ3v) is 6.21. The minimum absolute atomic E-state index is 0.00613. The van der Waals surface area contributed by atoms with Crippen LogP contribution in [0.3, 0.4) is 0 Å². The van der Waals surface area contributed by atoms with Gasteiger partial charge < -0.3 is 11.1 Å². The number of hydrogen-bond acceptors (Lipinski definition) is 5. The Bertz CT molecular complexity index is 762. The van der Waals surface area contributed by atoms with Crippen molar-refractivity contribution in [3.63, 3.8) is 0 Å². The zero-order valence-electron chi connectivity index (χ0n) is 15.8. The number of aryl methyl sites for hydroxylation is 1. The Kier molecular flexibility index (Phi) is 5.20. The third kappa shape index (κ3) is 3.88. The van der Waals surface area contributed by atoms with Gasteiger partial charge in [0.2, 0.25) is 5.91 Å². The van der Waals surface area contributed by atoms with Crippen LogP contribution in [0.15, 0.2) is 30.3 Å². The highest BCUT2D eigenvalue weighted by Crippen LogP contribution is 2.39. The van der Waals surface area contributed by atoms with E-state index in [9.17, 15) is 4.79 Å². The third-order valence-electron chi connectivity index (χ3n) is 6.21. The zero-order valence-corrected chi connectivity index (χ0v) is 15.8. The normalized spacial score (nSPS) is 28.5. The molecule has 27 heavy (non-hydrogen) atoms. The van der Waals surface area contributed by atoms with Gasteiger partial charge in [-0.2, -0.15) is 0 Å². The van der Waals surface area contributed by atoms with Crippen molar-refractivity contribution in [1.82, 2.24) is 25.5 Å². The average molecular weight is 368 g/mol. The van der Waals surface area contributed by atoms with E-state index in [2.05, 4.69) is 20.8 Å². The van der Waals surface area contributed by atoms with Gasteiger partial charge in [-0.05, 0) is 60.4 Å². The minimum Gasteiger partial charge on any atom is -0.351 e. The maximum absolute atomic E-state index is 13.3. The molecule has 1 aromatic carbocycles. The van der Waals surface area contributed by atoms with Gasteiger partial charge in [0.1, 0.15) is 11.9 Å². The molecule has 144 valence electrons. The van der Waals surface area contributed by atoms with Crippen LogP contribution in [-0.4, -0.2) is 38.2 Å². The molecule has 1 heterocycles. The number of tetrazole rings is 1. The molecule has 7 nitrogen and oxygen atoms in total. The average Bonchev–Trinajstić information content (AvgIpc) is 3.07. The molecule has 0 saturated heterocycles. The quantitative estimate of drug-likeness (QED) is 0.838. The summed E-state index contributed by atoms with van der Waals surface area (Å²) >= 11 is 0. The van der Waals surface area contributed by atoms with Gasteiger partial charge in [0.05, 0.1) is 0 Å². The number of aromatic nitrogens is 4. The molecule has 3 unspecified atom stereocenters. The lowest BCUT2D eigenvalue weighted by Gasteiger charge is -2.45. The Morgan fingerprint density at radius 1 is 1.26 bits per heavy atom. The van der Waals surface area contributed by atoms with Crippen molar-refractivity contribution in [3.05, 3.63) is 41.7 Å². The molecule has 2 bridgehead atoms. The van der Waals surface area contributed by atoms with Crippen molar-refractivity contribution >= 4 is 5.91 Å². The number of carbonyl (C=O) groups excluding carboxylic acids is 1. The Morgan fingerprint density at radius 3 is 2.59 bits per heavy atom. The van der Waals surface area contributed by atoms with Crippen LogP contribution in [0, 0.1) is 18.8 Å². The van der Waals surface area contributed by atoms with Crippen LogP contribution in [0.1, 0.15) is 49.5 Å². The van der Waals surface area contributed by atoms with Crippen LogP contribution in [0.25, 0.3) is 0 Å². The summed E-state index contributed by atoms with van der Waals surface area (Å²) < 4.78 is 1.65. The van der Waals surface area contributed by atoms with E-state index in [-0.39, 0.29) is 18.0 Å². The molecule has 0 aliphatic heterocycles. The van der Waals surface area contributed by atoms with Crippen LogP contribution in [0.2, 0.25) is 0 Å². The first-order chi connectivity index (χ1) is 13.1. The summed E-state index contributed by atoms with van der Waals surface area (Å²) in [4.78, 5) is 13.3. The van der Waals surface area contributed by atoms with Gasteiger partial charge in [0, 0.05) is 18.5 Å². The lowest BCUT2D eigenvalue weighted by atomic mass is 9.67.